The Kier molecular flexibility index (Phi) is 1.89. The molecule has 0 aromatic heterocycles. The summed E-state index contributed by atoms with van der Waals surface area (Å²) < 4.78 is 5.44. The molecule has 0 spiro atoms. The Hall–Kier alpha value is 0.250. The SMILES string of the molecule is CC1CC(C2OC2C)CC1Cl. The second-order valence-corrected chi connectivity index (χ2v) is 4.59. The number of ether oxygens (including phenoxy) is 1. The zero-order valence-corrected chi connectivity index (χ0v) is 7.84. The van der Waals surface area contributed by atoms with Gasteiger partial charge in [0.1, 0.15) is 0 Å². The molecule has 64 valence electrons. The van der Waals surface area contributed by atoms with Crippen LogP contribution in [0.3, 0.4) is 0 Å². The Morgan fingerprint density at radius 1 is 1.27 bits per heavy atom. The first kappa shape index (κ1) is 7.88. The lowest BCUT2D eigenvalue weighted by atomic mass is 10.0. The van der Waals surface area contributed by atoms with Crippen molar-refractivity contribution in [2.75, 3.05) is 0 Å². The van der Waals surface area contributed by atoms with Gasteiger partial charge in [0, 0.05) is 5.38 Å². The average Bonchev–Trinajstić information content (AvgIpc) is 2.56. The average molecular weight is 175 g/mol. The van der Waals surface area contributed by atoms with Gasteiger partial charge in [-0.1, -0.05) is 6.92 Å². The molecule has 11 heavy (non-hydrogen) atoms. The molecule has 1 saturated heterocycles. The molecule has 2 aliphatic rings. The molecule has 1 aliphatic heterocycles. The molecule has 1 aliphatic carbocycles. The summed E-state index contributed by atoms with van der Waals surface area (Å²) in [7, 11) is 0. The summed E-state index contributed by atoms with van der Waals surface area (Å²) in [5.41, 5.74) is 0. The zero-order valence-electron chi connectivity index (χ0n) is 7.09. The Balaban J connectivity index is 1.89. The topological polar surface area (TPSA) is 12.5 Å². The lowest BCUT2D eigenvalue weighted by molar-refractivity contribution is 0.316. The van der Waals surface area contributed by atoms with Gasteiger partial charge in [0.05, 0.1) is 12.2 Å². The van der Waals surface area contributed by atoms with E-state index in [0.717, 1.165) is 12.3 Å². The Bertz CT molecular complexity index is 150. The zero-order chi connectivity index (χ0) is 8.01. The van der Waals surface area contributed by atoms with E-state index >= 15 is 0 Å². The van der Waals surface area contributed by atoms with Gasteiger partial charge in [0.25, 0.3) is 0 Å². The molecule has 0 bridgehead atoms. The standard InChI is InChI=1S/C9H15ClO/c1-5-3-7(4-8(5)10)9-6(2)11-9/h5-9H,3-4H2,1-2H3. The van der Waals surface area contributed by atoms with Gasteiger partial charge in [-0.15, -0.1) is 11.6 Å². The number of epoxide rings is 1. The van der Waals surface area contributed by atoms with Gasteiger partial charge in [-0.05, 0) is 31.6 Å². The van der Waals surface area contributed by atoms with Crippen molar-refractivity contribution in [3.8, 4) is 0 Å². The largest absolute Gasteiger partial charge is 0.370 e. The number of halogens is 1. The maximum Gasteiger partial charge on any atom is 0.0867 e. The number of rotatable bonds is 1. The van der Waals surface area contributed by atoms with Gasteiger partial charge >= 0.3 is 0 Å². The van der Waals surface area contributed by atoms with E-state index in [1.807, 2.05) is 0 Å². The van der Waals surface area contributed by atoms with Gasteiger partial charge in [0.2, 0.25) is 0 Å². The van der Waals surface area contributed by atoms with Crippen LogP contribution in [-0.2, 0) is 4.74 Å². The van der Waals surface area contributed by atoms with Gasteiger partial charge in [-0.25, -0.2) is 0 Å². The van der Waals surface area contributed by atoms with Crippen LogP contribution < -0.4 is 0 Å². The predicted molar refractivity (Wildman–Crippen MR) is 45.9 cm³/mol. The van der Waals surface area contributed by atoms with Gasteiger partial charge in [0.15, 0.2) is 0 Å². The summed E-state index contributed by atoms with van der Waals surface area (Å²) in [6.45, 7) is 4.39. The van der Waals surface area contributed by atoms with Crippen LogP contribution in [0.2, 0.25) is 0 Å². The molecular weight excluding hydrogens is 160 g/mol. The van der Waals surface area contributed by atoms with E-state index in [1.165, 1.54) is 6.42 Å². The lowest BCUT2D eigenvalue weighted by Crippen LogP contribution is -2.05. The minimum atomic E-state index is 0.399. The number of hydrogen-bond acceptors (Lipinski definition) is 1. The van der Waals surface area contributed by atoms with Crippen molar-refractivity contribution in [1.82, 2.24) is 0 Å². The third kappa shape index (κ3) is 1.41. The summed E-state index contributed by atoms with van der Waals surface area (Å²) in [6.07, 6.45) is 3.48. The van der Waals surface area contributed by atoms with Crippen molar-refractivity contribution in [2.45, 2.75) is 44.3 Å². The molecule has 0 aromatic carbocycles. The van der Waals surface area contributed by atoms with Crippen molar-refractivity contribution in [3.63, 3.8) is 0 Å². The second-order valence-electron chi connectivity index (χ2n) is 4.03. The molecule has 5 unspecified atom stereocenters. The molecule has 2 fully saturated rings. The minimum absolute atomic E-state index is 0.399. The molecule has 2 heteroatoms. The normalized spacial score (nSPS) is 56.5. The fraction of sp³-hybridized carbons (Fsp3) is 1.00. The van der Waals surface area contributed by atoms with Crippen LogP contribution in [-0.4, -0.2) is 17.6 Å². The van der Waals surface area contributed by atoms with Gasteiger partial charge < -0.3 is 4.74 Å². The van der Waals surface area contributed by atoms with Crippen LogP contribution in [0.15, 0.2) is 0 Å². The predicted octanol–water partition coefficient (Wildman–Crippen LogP) is 2.43. The first-order valence-electron chi connectivity index (χ1n) is 4.48. The van der Waals surface area contributed by atoms with Crippen molar-refractivity contribution in [3.05, 3.63) is 0 Å². The summed E-state index contributed by atoms with van der Waals surface area (Å²) in [5.74, 6) is 1.44. The quantitative estimate of drug-likeness (QED) is 0.440. The highest BCUT2D eigenvalue weighted by Gasteiger charge is 2.45. The first-order valence-corrected chi connectivity index (χ1v) is 4.91. The summed E-state index contributed by atoms with van der Waals surface area (Å²) >= 11 is 6.12. The Morgan fingerprint density at radius 3 is 2.27 bits per heavy atom. The molecule has 1 heterocycles. The highest BCUT2D eigenvalue weighted by molar-refractivity contribution is 6.20. The molecule has 1 nitrogen and oxygen atoms in total. The highest BCUT2D eigenvalue weighted by Crippen LogP contribution is 2.43. The van der Waals surface area contributed by atoms with E-state index in [9.17, 15) is 0 Å². The summed E-state index contributed by atoms with van der Waals surface area (Å²) in [5, 5.41) is 0.399. The minimum Gasteiger partial charge on any atom is -0.370 e. The van der Waals surface area contributed by atoms with E-state index in [0.29, 0.717) is 23.5 Å². The smallest absolute Gasteiger partial charge is 0.0867 e. The molecule has 0 radical (unpaired) electrons. The summed E-state index contributed by atoms with van der Waals surface area (Å²) in [4.78, 5) is 0. The lowest BCUT2D eigenvalue weighted by Gasteiger charge is -2.02. The van der Waals surface area contributed by atoms with E-state index in [4.69, 9.17) is 16.3 Å². The molecule has 2 rings (SSSR count). The van der Waals surface area contributed by atoms with Crippen molar-refractivity contribution in [2.24, 2.45) is 11.8 Å². The Morgan fingerprint density at radius 2 is 1.91 bits per heavy atom. The third-order valence-corrected chi connectivity index (χ3v) is 3.65. The Labute approximate surface area is 73.1 Å². The van der Waals surface area contributed by atoms with Crippen molar-refractivity contribution >= 4 is 11.6 Å². The maximum absolute atomic E-state index is 6.12. The van der Waals surface area contributed by atoms with E-state index in [-0.39, 0.29) is 0 Å². The van der Waals surface area contributed by atoms with Gasteiger partial charge in [-0.3, -0.25) is 0 Å². The van der Waals surface area contributed by atoms with Crippen LogP contribution in [0.1, 0.15) is 26.7 Å². The second kappa shape index (κ2) is 2.63. The molecular formula is C9H15ClO. The molecule has 0 N–H and O–H groups in total. The van der Waals surface area contributed by atoms with Gasteiger partial charge in [-0.2, -0.15) is 0 Å². The fourth-order valence-electron chi connectivity index (χ4n) is 2.21. The van der Waals surface area contributed by atoms with Crippen LogP contribution in [0.5, 0.6) is 0 Å². The van der Waals surface area contributed by atoms with Crippen LogP contribution >= 0.6 is 11.6 Å². The van der Waals surface area contributed by atoms with Crippen LogP contribution in [0.25, 0.3) is 0 Å². The number of hydrogen-bond donors (Lipinski definition) is 0. The molecule has 1 saturated carbocycles. The molecule has 0 aromatic rings. The molecule has 5 atom stereocenters. The van der Waals surface area contributed by atoms with E-state index in [1.54, 1.807) is 0 Å². The fourth-order valence-corrected chi connectivity index (χ4v) is 2.54. The highest BCUT2D eigenvalue weighted by atomic mass is 35.5. The van der Waals surface area contributed by atoms with E-state index < -0.39 is 0 Å². The monoisotopic (exact) mass is 174 g/mol. The van der Waals surface area contributed by atoms with Crippen LogP contribution in [0, 0.1) is 11.8 Å². The van der Waals surface area contributed by atoms with Crippen molar-refractivity contribution in [1.29, 1.82) is 0 Å². The first-order chi connectivity index (χ1) is 5.18. The van der Waals surface area contributed by atoms with Crippen molar-refractivity contribution < 1.29 is 4.74 Å². The third-order valence-electron chi connectivity index (χ3n) is 3.04. The van der Waals surface area contributed by atoms with Crippen LogP contribution in [0.4, 0.5) is 0 Å². The van der Waals surface area contributed by atoms with E-state index in [2.05, 4.69) is 13.8 Å². The maximum atomic E-state index is 6.12. The summed E-state index contributed by atoms with van der Waals surface area (Å²) in [6, 6.07) is 0. The molecule has 0 amide bonds. The number of alkyl halides is 1.